The van der Waals surface area contributed by atoms with Crippen LogP contribution in [0.5, 0.6) is 0 Å². The summed E-state index contributed by atoms with van der Waals surface area (Å²) < 4.78 is 4.95. The number of carbonyl (C=O) groups excluding carboxylic acids is 1. The Morgan fingerprint density at radius 3 is 2.59 bits per heavy atom. The van der Waals surface area contributed by atoms with Crippen molar-refractivity contribution < 1.29 is 9.53 Å². The molecule has 2 fully saturated rings. The van der Waals surface area contributed by atoms with Crippen molar-refractivity contribution in [3.05, 3.63) is 0 Å². The molecule has 2 aliphatic rings. The summed E-state index contributed by atoms with van der Waals surface area (Å²) in [6.45, 7) is 3.31. The lowest BCUT2D eigenvalue weighted by atomic mass is 9.97. The van der Waals surface area contributed by atoms with Crippen LogP contribution < -0.4 is 5.32 Å². The number of carbonyl (C=O) groups is 1. The van der Waals surface area contributed by atoms with Gasteiger partial charge in [-0.15, -0.1) is 0 Å². The molecule has 98 valence electrons. The average molecular weight is 240 g/mol. The first kappa shape index (κ1) is 12.8. The van der Waals surface area contributed by atoms with E-state index in [0.717, 1.165) is 31.8 Å². The van der Waals surface area contributed by atoms with E-state index >= 15 is 0 Å². The molecule has 0 aromatic carbocycles. The number of methoxy groups -OCH3 is 1. The number of esters is 1. The van der Waals surface area contributed by atoms with Gasteiger partial charge in [-0.2, -0.15) is 0 Å². The highest BCUT2D eigenvalue weighted by atomic mass is 16.5. The lowest BCUT2D eigenvalue weighted by Gasteiger charge is -2.30. The Morgan fingerprint density at radius 2 is 2.12 bits per heavy atom. The van der Waals surface area contributed by atoms with Crippen LogP contribution in [0.2, 0.25) is 0 Å². The highest BCUT2D eigenvalue weighted by molar-refractivity contribution is 5.81. The Hall–Kier alpha value is -0.610. The fourth-order valence-electron chi connectivity index (χ4n) is 3.23. The van der Waals surface area contributed by atoms with Crippen LogP contribution >= 0.6 is 0 Å². The molecule has 2 rings (SSSR count). The zero-order valence-corrected chi connectivity index (χ0v) is 11.2. The van der Waals surface area contributed by atoms with E-state index < -0.39 is 5.54 Å². The maximum Gasteiger partial charge on any atom is 0.326 e. The van der Waals surface area contributed by atoms with Crippen LogP contribution in [0.25, 0.3) is 0 Å². The summed E-state index contributed by atoms with van der Waals surface area (Å²) in [6, 6.07) is 1.31. The first-order chi connectivity index (χ1) is 8.16. The Bertz CT molecular complexity index is 291. The second-order valence-corrected chi connectivity index (χ2v) is 5.28. The second kappa shape index (κ2) is 4.94. The number of nitrogens with one attached hydrogen (secondary N) is 1. The van der Waals surface area contributed by atoms with E-state index in [1.54, 1.807) is 0 Å². The van der Waals surface area contributed by atoms with Crippen molar-refractivity contribution in [2.45, 2.75) is 56.7 Å². The van der Waals surface area contributed by atoms with Crippen molar-refractivity contribution in [3.63, 3.8) is 0 Å². The Kier molecular flexibility index (Phi) is 3.73. The summed E-state index contributed by atoms with van der Waals surface area (Å²) in [7, 11) is 3.35. The molecule has 0 aromatic heterocycles. The predicted octanol–water partition coefficient (Wildman–Crippen LogP) is 1.15. The molecule has 0 heterocycles. The van der Waals surface area contributed by atoms with Gasteiger partial charge in [0.25, 0.3) is 0 Å². The van der Waals surface area contributed by atoms with Gasteiger partial charge >= 0.3 is 5.97 Å². The lowest BCUT2D eigenvalue weighted by molar-refractivity contribution is -0.148. The summed E-state index contributed by atoms with van der Waals surface area (Å²) >= 11 is 0. The van der Waals surface area contributed by atoms with Crippen molar-refractivity contribution in [1.82, 2.24) is 10.2 Å². The molecule has 0 amide bonds. The molecule has 4 heteroatoms. The molecule has 0 spiro atoms. The monoisotopic (exact) mass is 240 g/mol. The lowest BCUT2D eigenvalue weighted by Crippen LogP contribution is -2.50. The van der Waals surface area contributed by atoms with Crippen LogP contribution in [-0.4, -0.2) is 49.2 Å². The molecule has 0 radical (unpaired) electrons. The normalized spacial score (nSPS) is 33.1. The van der Waals surface area contributed by atoms with Crippen LogP contribution in [-0.2, 0) is 9.53 Å². The topological polar surface area (TPSA) is 41.6 Å². The number of hydrogen-bond acceptors (Lipinski definition) is 4. The molecule has 2 unspecified atom stereocenters. The first-order valence-electron chi connectivity index (χ1n) is 6.70. The third-order valence-corrected chi connectivity index (χ3v) is 4.39. The molecule has 4 nitrogen and oxygen atoms in total. The minimum atomic E-state index is -0.443. The fourth-order valence-corrected chi connectivity index (χ4v) is 3.23. The number of rotatable bonds is 5. The second-order valence-electron chi connectivity index (χ2n) is 5.28. The van der Waals surface area contributed by atoms with E-state index in [2.05, 4.69) is 17.1 Å². The minimum Gasteiger partial charge on any atom is -0.468 e. The van der Waals surface area contributed by atoms with Crippen molar-refractivity contribution in [1.29, 1.82) is 0 Å². The third kappa shape index (κ3) is 2.33. The number of hydrogen-bond donors (Lipinski definition) is 1. The van der Waals surface area contributed by atoms with E-state index in [9.17, 15) is 4.79 Å². The summed E-state index contributed by atoms with van der Waals surface area (Å²) in [6.07, 6.45) is 5.54. The predicted molar refractivity (Wildman–Crippen MR) is 66.8 cm³/mol. The molecule has 0 aliphatic heterocycles. The van der Waals surface area contributed by atoms with Crippen LogP contribution in [0.15, 0.2) is 0 Å². The smallest absolute Gasteiger partial charge is 0.326 e. The van der Waals surface area contributed by atoms with Gasteiger partial charge in [0.15, 0.2) is 0 Å². The van der Waals surface area contributed by atoms with E-state index in [-0.39, 0.29) is 5.97 Å². The molecule has 2 saturated carbocycles. The first-order valence-corrected chi connectivity index (χ1v) is 6.70. The van der Waals surface area contributed by atoms with Crippen molar-refractivity contribution in [3.8, 4) is 0 Å². The summed E-state index contributed by atoms with van der Waals surface area (Å²) in [5, 5.41) is 3.20. The maximum atomic E-state index is 11.9. The van der Waals surface area contributed by atoms with E-state index in [4.69, 9.17) is 4.74 Å². The Morgan fingerprint density at radius 1 is 1.41 bits per heavy atom. The quantitative estimate of drug-likeness (QED) is 0.732. The van der Waals surface area contributed by atoms with Crippen molar-refractivity contribution >= 4 is 5.97 Å². The van der Waals surface area contributed by atoms with Crippen LogP contribution in [0.3, 0.4) is 0 Å². The highest BCUT2D eigenvalue weighted by Gasteiger charge is 2.48. The molecule has 2 aliphatic carbocycles. The van der Waals surface area contributed by atoms with Crippen LogP contribution in [0, 0.1) is 0 Å². The number of nitrogens with zero attached hydrogens (tertiary/aromatic N) is 1. The summed E-state index contributed by atoms with van der Waals surface area (Å²) in [5.74, 6) is -0.102. The van der Waals surface area contributed by atoms with Crippen LogP contribution in [0.1, 0.15) is 39.0 Å². The summed E-state index contributed by atoms with van der Waals surface area (Å²) in [5.41, 5.74) is -0.443. The molecular formula is C13H24N2O2. The average Bonchev–Trinajstić information content (AvgIpc) is 3.09. The van der Waals surface area contributed by atoms with E-state index in [1.807, 2.05) is 7.05 Å². The molecule has 1 N–H and O–H groups in total. The molecule has 0 saturated heterocycles. The zero-order valence-electron chi connectivity index (χ0n) is 11.2. The third-order valence-electron chi connectivity index (χ3n) is 4.39. The summed E-state index contributed by atoms with van der Waals surface area (Å²) in [4.78, 5) is 14.5. The van der Waals surface area contributed by atoms with Gasteiger partial charge in [0.05, 0.1) is 7.11 Å². The number of likely N-dealkylation sites (N-methyl/N-ethyl adjacent to an activating group) is 1. The van der Waals surface area contributed by atoms with Gasteiger partial charge in [-0.25, -0.2) is 0 Å². The van der Waals surface area contributed by atoms with Crippen molar-refractivity contribution in [2.24, 2.45) is 0 Å². The Balaban J connectivity index is 2.03. The van der Waals surface area contributed by atoms with E-state index in [1.165, 1.54) is 20.0 Å². The number of ether oxygens (including phenoxy) is 1. The van der Waals surface area contributed by atoms with Gasteiger partial charge in [0, 0.05) is 12.1 Å². The van der Waals surface area contributed by atoms with Crippen molar-refractivity contribution in [2.75, 3.05) is 20.7 Å². The SMILES string of the molecule is CCN(C1CC1)C1CCC(NC)(C(=O)OC)C1. The maximum absolute atomic E-state index is 11.9. The highest BCUT2D eigenvalue weighted by Crippen LogP contribution is 2.38. The van der Waals surface area contributed by atoms with Gasteiger partial charge in [0.2, 0.25) is 0 Å². The molecule has 0 bridgehead atoms. The van der Waals surface area contributed by atoms with Gasteiger partial charge in [-0.05, 0) is 45.7 Å². The van der Waals surface area contributed by atoms with Gasteiger partial charge in [-0.1, -0.05) is 6.92 Å². The van der Waals surface area contributed by atoms with Gasteiger partial charge in [0.1, 0.15) is 5.54 Å². The van der Waals surface area contributed by atoms with Gasteiger partial charge < -0.3 is 10.1 Å². The standard InChI is InChI=1S/C13H24N2O2/c1-4-15(10-5-6-10)11-7-8-13(9-11,14-2)12(16)17-3/h10-11,14H,4-9H2,1-3H3. The Labute approximate surface area is 104 Å². The largest absolute Gasteiger partial charge is 0.468 e. The molecule has 17 heavy (non-hydrogen) atoms. The molecular weight excluding hydrogens is 216 g/mol. The van der Waals surface area contributed by atoms with E-state index in [0.29, 0.717) is 6.04 Å². The minimum absolute atomic E-state index is 0.102. The zero-order chi connectivity index (χ0) is 12.5. The fraction of sp³-hybridized carbons (Fsp3) is 0.923. The molecule has 2 atom stereocenters. The van der Waals surface area contributed by atoms with Gasteiger partial charge in [-0.3, -0.25) is 9.69 Å². The van der Waals surface area contributed by atoms with Crippen LogP contribution in [0.4, 0.5) is 0 Å². The molecule has 0 aromatic rings.